The first-order valence-corrected chi connectivity index (χ1v) is 13.8. The Kier molecular flexibility index (Phi) is 8.76. The molecule has 2 aromatic rings. The van der Waals surface area contributed by atoms with E-state index in [-0.39, 0.29) is 36.2 Å². The van der Waals surface area contributed by atoms with Crippen LogP contribution in [0.25, 0.3) is 0 Å². The Labute approximate surface area is 245 Å². The highest BCUT2D eigenvalue weighted by atomic mass is 19.4. The number of benzene rings is 1. The second kappa shape index (κ2) is 11.7. The van der Waals surface area contributed by atoms with Crippen molar-refractivity contribution in [2.24, 2.45) is 0 Å². The van der Waals surface area contributed by atoms with Gasteiger partial charge in [-0.1, -0.05) is 6.92 Å². The van der Waals surface area contributed by atoms with Gasteiger partial charge in [0.25, 0.3) is 0 Å². The topological polar surface area (TPSA) is 82.1 Å². The van der Waals surface area contributed by atoms with Crippen molar-refractivity contribution < 1.29 is 40.7 Å². The third-order valence-corrected chi connectivity index (χ3v) is 7.34. The van der Waals surface area contributed by atoms with Gasteiger partial charge in [-0.05, 0) is 57.4 Å². The molecule has 2 saturated heterocycles. The van der Waals surface area contributed by atoms with E-state index < -0.39 is 47.8 Å². The van der Waals surface area contributed by atoms with Crippen molar-refractivity contribution in [1.82, 2.24) is 19.8 Å². The average Bonchev–Trinajstić information content (AvgIpc) is 3.48. The number of hydrogen-bond donors (Lipinski definition) is 0. The lowest BCUT2D eigenvalue weighted by molar-refractivity contribution is -0.143. The minimum atomic E-state index is -5.01. The van der Waals surface area contributed by atoms with E-state index in [1.807, 2.05) is 6.92 Å². The summed E-state index contributed by atoms with van der Waals surface area (Å²) in [6.07, 6.45) is -6.94. The maximum Gasteiger partial charge on any atom is 0.416 e. The van der Waals surface area contributed by atoms with E-state index in [4.69, 9.17) is 4.74 Å². The van der Waals surface area contributed by atoms with Gasteiger partial charge in [-0.3, -0.25) is 4.90 Å². The second-order valence-corrected chi connectivity index (χ2v) is 11.7. The van der Waals surface area contributed by atoms with Gasteiger partial charge >= 0.3 is 24.5 Å². The number of likely N-dealkylation sites (tertiary alicyclic amines) is 1. The summed E-state index contributed by atoms with van der Waals surface area (Å²) in [5, 5.41) is 0. The molecule has 0 unspecified atom stereocenters. The van der Waals surface area contributed by atoms with Gasteiger partial charge in [-0.25, -0.2) is 19.6 Å². The molecule has 3 amide bonds. The van der Waals surface area contributed by atoms with Crippen LogP contribution in [0, 0.1) is 0 Å². The minimum Gasteiger partial charge on any atom is -0.444 e. The number of rotatable bonds is 6. The van der Waals surface area contributed by atoms with Crippen LogP contribution >= 0.6 is 0 Å². The van der Waals surface area contributed by atoms with Crippen LogP contribution in [0.5, 0.6) is 0 Å². The standard InChI is InChI=1S/C28H34F6N6O3/c1-6-20-12-21(16-40(20)25(42)43-26(2,3)4)39(23-35-13-22(14-36-23)38-8-7-37(5)24(38)41)15-17-9-18(27(29,30)31)11-19(10-17)28(32,33)34/h9-11,13-14,20-21H,6-8,12,15-16H2,1-5H3/t20-,21+/m1/s1. The van der Waals surface area contributed by atoms with Gasteiger partial charge in [-0.15, -0.1) is 0 Å². The van der Waals surface area contributed by atoms with Crippen LogP contribution in [0.1, 0.15) is 57.2 Å². The van der Waals surface area contributed by atoms with Crippen LogP contribution in [0.2, 0.25) is 0 Å². The van der Waals surface area contributed by atoms with Gasteiger partial charge in [-0.2, -0.15) is 26.3 Å². The van der Waals surface area contributed by atoms with E-state index >= 15 is 0 Å². The molecular weight excluding hydrogens is 582 g/mol. The normalized spacial score (nSPS) is 19.8. The number of nitrogens with zero attached hydrogens (tertiary/aromatic N) is 6. The molecule has 1 aromatic heterocycles. The molecule has 0 aliphatic carbocycles. The van der Waals surface area contributed by atoms with Crippen molar-refractivity contribution in [3.8, 4) is 0 Å². The van der Waals surface area contributed by atoms with Gasteiger partial charge in [0.1, 0.15) is 5.60 Å². The Bertz CT molecular complexity index is 1300. The predicted molar refractivity (Wildman–Crippen MR) is 145 cm³/mol. The quantitative estimate of drug-likeness (QED) is 0.361. The van der Waals surface area contributed by atoms with Crippen LogP contribution in [0.15, 0.2) is 30.6 Å². The SMILES string of the molecule is CC[C@@H]1C[C@H](N(Cc2cc(C(F)(F)F)cc(C(F)(F)F)c2)c2ncc(N3CCN(C)C3=O)cn2)CN1C(=O)OC(C)(C)C. The number of urea groups is 1. The summed E-state index contributed by atoms with van der Waals surface area (Å²) in [7, 11) is 1.64. The van der Waals surface area contributed by atoms with Crippen LogP contribution < -0.4 is 9.80 Å². The molecule has 2 aliphatic heterocycles. The van der Waals surface area contributed by atoms with E-state index in [1.165, 1.54) is 32.0 Å². The number of carbonyl (C=O) groups excluding carboxylic acids is 2. The fourth-order valence-electron chi connectivity index (χ4n) is 5.21. The van der Waals surface area contributed by atoms with Crippen molar-refractivity contribution >= 4 is 23.8 Å². The lowest BCUT2D eigenvalue weighted by atomic mass is 10.0. The van der Waals surface area contributed by atoms with Gasteiger partial charge in [0.15, 0.2) is 0 Å². The van der Waals surface area contributed by atoms with Gasteiger partial charge in [0.2, 0.25) is 5.95 Å². The summed E-state index contributed by atoms with van der Waals surface area (Å²) in [5.41, 5.74) is -3.50. The first-order chi connectivity index (χ1) is 19.9. The molecule has 43 heavy (non-hydrogen) atoms. The molecule has 1 aromatic carbocycles. The van der Waals surface area contributed by atoms with Crippen molar-refractivity contribution in [2.45, 2.75) is 77.1 Å². The zero-order valence-corrected chi connectivity index (χ0v) is 24.5. The molecule has 0 spiro atoms. The van der Waals surface area contributed by atoms with E-state index in [9.17, 15) is 35.9 Å². The molecule has 0 radical (unpaired) electrons. The largest absolute Gasteiger partial charge is 0.444 e. The van der Waals surface area contributed by atoms with Crippen molar-refractivity contribution in [3.63, 3.8) is 0 Å². The zero-order chi connectivity index (χ0) is 31.9. The minimum absolute atomic E-state index is 0.0283. The summed E-state index contributed by atoms with van der Waals surface area (Å²) in [6.45, 7) is 7.59. The van der Waals surface area contributed by atoms with E-state index in [1.54, 1.807) is 27.8 Å². The number of alkyl halides is 6. The lowest BCUT2D eigenvalue weighted by Crippen LogP contribution is -2.42. The number of carbonyl (C=O) groups is 2. The molecular formula is C28H34F6N6O3. The van der Waals surface area contributed by atoms with Gasteiger partial charge < -0.3 is 19.4 Å². The fourth-order valence-corrected chi connectivity index (χ4v) is 5.21. The molecule has 9 nitrogen and oxygen atoms in total. The number of amides is 3. The van der Waals surface area contributed by atoms with Crippen LogP contribution in [-0.2, 0) is 23.6 Å². The van der Waals surface area contributed by atoms with E-state index in [0.29, 0.717) is 43.8 Å². The average molecular weight is 617 g/mol. The summed E-state index contributed by atoms with van der Waals surface area (Å²) in [4.78, 5) is 40.2. The Morgan fingerprint density at radius 1 is 1.00 bits per heavy atom. The number of likely N-dealkylation sites (N-methyl/N-ethyl adjacent to an activating group) is 1. The molecule has 3 heterocycles. The number of hydrogen-bond acceptors (Lipinski definition) is 6. The fraction of sp³-hybridized carbons (Fsp3) is 0.571. The number of aromatic nitrogens is 2. The third-order valence-electron chi connectivity index (χ3n) is 7.34. The summed E-state index contributed by atoms with van der Waals surface area (Å²) in [6, 6.07) is 0.307. The van der Waals surface area contributed by atoms with Gasteiger partial charge in [0.05, 0.1) is 35.2 Å². The zero-order valence-electron chi connectivity index (χ0n) is 24.5. The summed E-state index contributed by atoms with van der Waals surface area (Å²) < 4.78 is 87.3. The molecule has 0 N–H and O–H groups in total. The number of anilines is 2. The monoisotopic (exact) mass is 616 g/mol. The third kappa shape index (κ3) is 7.42. The number of halogens is 6. The molecule has 15 heteroatoms. The Morgan fingerprint density at radius 3 is 2.05 bits per heavy atom. The molecule has 0 bridgehead atoms. The molecule has 4 rings (SSSR count). The van der Waals surface area contributed by atoms with Crippen LogP contribution in [-0.4, -0.2) is 76.3 Å². The van der Waals surface area contributed by atoms with E-state index in [0.717, 1.165) is 0 Å². The Balaban J connectivity index is 1.73. The van der Waals surface area contributed by atoms with E-state index in [2.05, 4.69) is 9.97 Å². The molecule has 236 valence electrons. The number of ether oxygens (including phenoxy) is 1. The smallest absolute Gasteiger partial charge is 0.416 e. The predicted octanol–water partition coefficient (Wildman–Crippen LogP) is 6.18. The van der Waals surface area contributed by atoms with Crippen molar-refractivity contribution in [1.29, 1.82) is 0 Å². The summed E-state index contributed by atoms with van der Waals surface area (Å²) in [5.74, 6) is 0.0283. The van der Waals surface area contributed by atoms with Crippen molar-refractivity contribution in [2.75, 3.05) is 36.5 Å². The Morgan fingerprint density at radius 2 is 1.58 bits per heavy atom. The van der Waals surface area contributed by atoms with Crippen LogP contribution in [0.4, 0.5) is 47.6 Å². The van der Waals surface area contributed by atoms with Gasteiger partial charge in [0, 0.05) is 39.3 Å². The summed E-state index contributed by atoms with van der Waals surface area (Å²) >= 11 is 0. The van der Waals surface area contributed by atoms with Crippen LogP contribution in [0.3, 0.4) is 0 Å². The maximum absolute atomic E-state index is 13.6. The second-order valence-electron chi connectivity index (χ2n) is 11.7. The van der Waals surface area contributed by atoms with Crippen molar-refractivity contribution in [3.05, 3.63) is 47.3 Å². The highest BCUT2D eigenvalue weighted by Crippen LogP contribution is 2.37. The molecule has 0 saturated carbocycles. The molecule has 2 fully saturated rings. The first-order valence-electron chi connectivity index (χ1n) is 13.8. The lowest BCUT2D eigenvalue weighted by Gasteiger charge is -2.30. The maximum atomic E-state index is 13.6. The first kappa shape index (κ1) is 32.1. The molecule has 2 atom stereocenters. The molecule has 2 aliphatic rings. The highest BCUT2D eigenvalue weighted by Gasteiger charge is 2.41. The Hall–Kier alpha value is -3.78. The highest BCUT2D eigenvalue weighted by molar-refractivity contribution is 5.93.